The number of amides is 2. The van der Waals surface area contributed by atoms with Gasteiger partial charge in [0, 0.05) is 6.54 Å². The van der Waals surface area contributed by atoms with Gasteiger partial charge in [0.1, 0.15) is 12.1 Å². The highest BCUT2D eigenvalue weighted by Crippen LogP contribution is 2.19. The van der Waals surface area contributed by atoms with Crippen molar-refractivity contribution in [2.45, 2.75) is 38.8 Å². The Kier molecular flexibility index (Phi) is 6.44. The quantitative estimate of drug-likeness (QED) is 0.628. The van der Waals surface area contributed by atoms with Crippen molar-refractivity contribution >= 4 is 17.8 Å². The first-order valence-corrected chi connectivity index (χ1v) is 6.92. The third-order valence-corrected chi connectivity index (χ3v) is 3.18. The highest BCUT2D eigenvalue weighted by molar-refractivity contribution is 5.91. The highest BCUT2D eigenvalue weighted by atomic mass is 16.5. The van der Waals surface area contributed by atoms with Crippen LogP contribution < -0.4 is 10.6 Å². The Hall–Kier alpha value is -1.63. The smallest absolute Gasteiger partial charge is 0.328 e. The van der Waals surface area contributed by atoms with Crippen LogP contribution in [0.15, 0.2) is 0 Å². The van der Waals surface area contributed by atoms with E-state index in [1.165, 1.54) is 4.90 Å². The number of esters is 1. The van der Waals surface area contributed by atoms with Crippen LogP contribution in [0.2, 0.25) is 0 Å². The lowest BCUT2D eigenvalue weighted by molar-refractivity contribution is -0.153. The molecule has 0 aromatic rings. The van der Waals surface area contributed by atoms with E-state index in [1.807, 2.05) is 0 Å². The Morgan fingerprint density at radius 2 is 2.10 bits per heavy atom. The molecule has 20 heavy (non-hydrogen) atoms. The van der Waals surface area contributed by atoms with Gasteiger partial charge in [0.2, 0.25) is 11.8 Å². The molecule has 1 saturated heterocycles. The van der Waals surface area contributed by atoms with E-state index < -0.39 is 12.1 Å². The van der Waals surface area contributed by atoms with Gasteiger partial charge in [-0.15, -0.1) is 0 Å². The van der Waals surface area contributed by atoms with Crippen LogP contribution in [0.4, 0.5) is 0 Å². The van der Waals surface area contributed by atoms with Gasteiger partial charge >= 0.3 is 5.97 Å². The molecule has 7 nitrogen and oxygen atoms in total. The van der Waals surface area contributed by atoms with Crippen molar-refractivity contribution in [3.05, 3.63) is 0 Å². The molecule has 2 unspecified atom stereocenters. The summed E-state index contributed by atoms with van der Waals surface area (Å²) in [5.74, 6) is -0.864. The molecule has 2 amide bonds. The Bertz CT molecular complexity index is 373. The summed E-state index contributed by atoms with van der Waals surface area (Å²) < 4.78 is 4.98. The molecule has 7 heteroatoms. The number of ether oxygens (including phenoxy) is 1. The molecular formula is C13H23N3O4. The van der Waals surface area contributed by atoms with Crippen LogP contribution in [-0.4, -0.2) is 61.5 Å². The number of nitrogens with one attached hydrogen (secondary N) is 2. The van der Waals surface area contributed by atoms with Crippen molar-refractivity contribution in [1.82, 2.24) is 15.5 Å². The monoisotopic (exact) mass is 285 g/mol. The summed E-state index contributed by atoms with van der Waals surface area (Å²) in [7, 11) is 1.66. The molecule has 0 aromatic carbocycles. The highest BCUT2D eigenvalue weighted by Gasteiger charge is 2.37. The number of rotatable bonds is 6. The normalized spacial score (nSPS) is 19.6. The number of carbonyl (C=O) groups is 3. The average Bonchev–Trinajstić information content (AvgIpc) is 2.87. The molecule has 0 spiro atoms. The van der Waals surface area contributed by atoms with Crippen molar-refractivity contribution in [2.75, 3.05) is 26.7 Å². The van der Waals surface area contributed by atoms with Gasteiger partial charge in [-0.05, 0) is 33.7 Å². The first kappa shape index (κ1) is 16.4. The van der Waals surface area contributed by atoms with Crippen LogP contribution in [0.25, 0.3) is 0 Å². The molecule has 1 fully saturated rings. The van der Waals surface area contributed by atoms with E-state index in [-0.39, 0.29) is 24.3 Å². The average molecular weight is 285 g/mol. The van der Waals surface area contributed by atoms with Gasteiger partial charge in [-0.25, -0.2) is 4.79 Å². The minimum Gasteiger partial charge on any atom is -0.464 e. The molecule has 1 aliphatic heterocycles. The van der Waals surface area contributed by atoms with E-state index in [2.05, 4.69) is 10.6 Å². The summed E-state index contributed by atoms with van der Waals surface area (Å²) in [6.45, 7) is 4.33. The molecule has 114 valence electrons. The molecule has 0 bridgehead atoms. The number of carbonyl (C=O) groups excluding carboxylic acids is 3. The molecule has 1 rings (SSSR count). The van der Waals surface area contributed by atoms with E-state index in [0.717, 1.165) is 6.42 Å². The summed E-state index contributed by atoms with van der Waals surface area (Å²) >= 11 is 0. The minimum absolute atomic E-state index is 0.152. The maximum absolute atomic E-state index is 12.3. The first-order chi connectivity index (χ1) is 9.51. The number of nitrogens with zero attached hydrogens (tertiary/aromatic N) is 1. The molecule has 1 heterocycles. The van der Waals surface area contributed by atoms with E-state index in [9.17, 15) is 14.4 Å². The van der Waals surface area contributed by atoms with Crippen molar-refractivity contribution in [1.29, 1.82) is 0 Å². The van der Waals surface area contributed by atoms with Gasteiger partial charge in [-0.3, -0.25) is 9.59 Å². The lowest BCUT2D eigenvalue weighted by Gasteiger charge is -2.26. The maximum Gasteiger partial charge on any atom is 0.328 e. The van der Waals surface area contributed by atoms with Crippen LogP contribution in [0.1, 0.15) is 26.7 Å². The summed E-state index contributed by atoms with van der Waals surface area (Å²) in [6.07, 6.45) is 1.38. The van der Waals surface area contributed by atoms with Crippen molar-refractivity contribution in [3.8, 4) is 0 Å². The van der Waals surface area contributed by atoms with Crippen molar-refractivity contribution < 1.29 is 19.1 Å². The summed E-state index contributed by atoms with van der Waals surface area (Å²) in [5.41, 5.74) is 0. The van der Waals surface area contributed by atoms with Crippen LogP contribution in [-0.2, 0) is 19.1 Å². The number of hydrogen-bond acceptors (Lipinski definition) is 5. The van der Waals surface area contributed by atoms with Gasteiger partial charge in [-0.1, -0.05) is 0 Å². The van der Waals surface area contributed by atoms with E-state index in [4.69, 9.17) is 4.74 Å². The van der Waals surface area contributed by atoms with E-state index in [0.29, 0.717) is 19.6 Å². The zero-order chi connectivity index (χ0) is 15.1. The van der Waals surface area contributed by atoms with Gasteiger partial charge in [0.25, 0.3) is 0 Å². The molecule has 0 saturated carbocycles. The van der Waals surface area contributed by atoms with Gasteiger partial charge in [-0.2, -0.15) is 0 Å². The SMILES string of the molecule is CCOC(=O)C1CCCN1C(=O)C(C)NC(=O)CNC. The maximum atomic E-state index is 12.3. The van der Waals surface area contributed by atoms with Crippen LogP contribution in [0, 0.1) is 0 Å². The van der Waals surface area contributed by atoms with Crippen LogP contribution >= 0.6 is 0 Å². The third-order valence-electron chi connectivity index (χ3n) is 3.18. The summed E-state index contributed by atoms with van der Waals surface area (Å²) in [4.78, 5) is 37.0. The lowest BCUT2D eigenvalue weighted by Crippen LogP contribution is -2.51. The molecule has 0 aromatic heterocycles. The second-order valence-electron chi connectivity index (χ2n) is 4.76. The van der Waals surface area contributed by atoms with Gasteiger partial charge in [0.05, 0.1) is 13.2 Å². The second kappa shape index (κ2) is 7.84. The molecule has 1 aliphatic rings. The van der Waals surface area contributed by atoms with Crippen molar-refractivity contribution in [3.63, 3.8) is 0 Å². The largest absolute Gasteiger partial charge is 0.464 e. The Morgan fingerprint density at radius 3 is 2.70 bits per heavy atom. The zero-order valence-electron chi connectivity index (χ0n) is 12.3. The fourth-order valence-electron chi connectivity index (χ4n) is 2.28. The minimum atomic E-state index is -0.647. The Labute approximate surface area is 119 Å². The molecular weight excluding hydrogens is 262 g/mol. The first-order valence-electron chi connectivity index (χ1n) is 6.92. The predicted octanol–water partition coefficient (Wildman–Crippen LogP) is -0.735. The Morgan fingerprint density at radius 1 is 1.40 bits per heavy atom. The summed E-state index contributed by atoms with van der Waals surface area (Å²) in [6, 6.07) is -1.17. The summed E-state index contributed by atoms with van der Waals surface area (Å²) in [5, 5.41) is 5.32. The van der Waals surface area contributed by atoms with Crippen LogP contribution in [0.3, 0.4) is 0 Å². The number of hydrogen-bond donors (Lipinski definition) is 2. The molecule has 2 atom stereocenters. The van der Waals surface area contributed by atoms with Gasteiger partial charge < -0.3 is 20.3 Å². The zero-order valence-corrected chi connectivity index (χ0v) is 12.3. The van der Waals surface area contributed by atoms with E-state index in [1.54, 1.807) is 20.9 Å². The fourth-order valence-corrected chi connectivity index (χ4v) is 2.28. The lowest BCUT2D eigenvalue weighted by atomic mass is 10.2. The Balaban J connectivity index is 2.60. The predicted molar refractivity (Wildman–Crippen MR) is 72.9 cm³/mol. The van der Waals surface area contributed by atoms with Gasteiger partial charge in [0.15, 0.2) is 0 Å². The molecule has 0 radical (unpaired) electrons. The second-order valence-corrected chi connectivity index (χ2v) is 4.76. The van der Waals surface area contributed by atoms with Crippen LogP contribution in [0.5, 0.6) is 0 Å². The van der Waals surface area contributed by atoms with E-state index >= 15 is 0 Å². The third kappa shape index (κ3) is 4.19. The fraction of sp³-hybridized carbons (Fsp3) is 0.769. The number of likely N-dealkylation sites (tertiary alicyclic amines) is 1. The molecule has 0 aliphatic carbocycles. The van der Waals surface area contributed by atoms with Crippen molar-refractivity contribution in [2.24, 2.45) is 0 Å². The standard InChI is InChI=1S/C13H23N3O4/c1-4-20-13(19)10-6-5-7-16(10)12(18)9(2)15-11(17)8-14-3/h9-10,14H,4-8H2,1-3H3,(H,15,17). The topological polar surface area (TPSA) is 87.7 Å². The molecule has 2 N–H and O–H groups in total. The number of likely N-dealkylation sites (N-methyl/N-ethyl adjacent to an activating group) is 1.